The van der Waals surface area contributed by atoms with Gasteiger partial charge in [0.1, 0.15) is 6.04 Å². The van der Waals surface area contributed by atoms with Crippen molar-refractivity contribution in [2.75, 3.05) is 18.5 Å². The number of carboxylic acids is 1. The molecule has 1 atom stereocenters. The fourth-order valence-electron chi connectivity index (χ4n) is 2.07. The first-order valence-electron chi connectivity index (χ1n) is 5.68. The maximum atomic E-state index is 11.7. The highest BCUT2D eigenvalue weighted by Crippen LogP contribution is 2.23. The molecule has 0 spiro atoms. The first-order chi connectivity index (χ1) is 8.63. The minimum absolute atomic E-state index is 0.0587. The number of carboxylic acid groups (broad SMARTS) is 1. The predicted octanol–water partition coefficient (Wildman–Crippen LogP) is -0.110. The number of amides is 1. The molecule has 7 nitrogen and oxygen atoms in total. The van der Waals surface area contributed by atoms with Gasteiger partial charge in [-0.3, -0.25) is 4.79 Å². The molecular weight excluding hydrogens is 236 g/mol. The summed E-state index contributed by atoms with van der Waals surface area (Å²) in [6, 6.07) is 2.72. The smallest absolute Gasteiger partial charge is 0.356 e. The van der Waals surface area contributed by atoms with Gasteiger partial charge < -0.3 is 15.3 Å². The largest absolute Gasteiger partial charge is 0.476 e. The van der Waals surface area contributed by atoms with Gasteiger partial charge in [-0.25, -0.2) is 4.79 Å². The Morgan fingerprint density at radius 3 is 2.78 bits per heavy atom. The highest BCUT2D eigenvalue weighted by molar-refractivity contribution is 5.86. The second-order valence-electron chi connectivity index (χ2n) is 4.05. The van der Waals surface area contributed by atoms with E-state index in [1.54, 1.807) is 13.1 Å². The molecule has 2 rings (SSSR count). The van der Waals surface area contributed by atoms with Crippen molar-refractivity contribution in [1.29, 1.82) is 0 Å². The number of aromatic nitrogens is 2. The molecule has 1 amide bonds. The van der Waals surface area contributed by atoms with Gasteiger partial charge >= 0.3 is 5.97 Å². The van der Waals surface area contributed by atoms with E-state index >= 15 is 0 Å². The van der Waals surface area contributed by atoms with Crippen molar-refractivity contribution < 1.29 is 14.7 Å². The lowest BCUT2D eigenvalue weighted by Crippen LogP contribution is -2.42. The van der Waals surface area contributed by atoms with Crippen molar-refractivity contribution in [3.8, 4) is 0 Å². The van der Waals surface area contributed by atoms with Crippen LogP contribution < -0.4 is 10.2 Å². The Hall–Kier alpha value is -2.18. The van der Waals surface area contributed by atoms with Gasteiger partial charge in [0, 0.05) is 13.6 Å². The number of likely N-dealkylation sites (N-methyl/N-ethyl adjacent to an activating group) is 1. The lowest BCUT2D eigenvalue weighted by atomic mass is 10.2. The molecular formula is C11H14N4O3. The molecule has 1 unspecified atom stereocenters. The first kappa shape index (κ1) is 12.3. The Morgan fingerprint density at radius 1 is 1.44 bits per heavy atom. The van der Waals surface area contributed by atoms with Crippen LogP contribution in [0.15, 0.2) is 12.1 Å². The zero-order valence-corrected chi connectivity index (χ0v) is 9.96. The summed E-state index contributed by atoms with van der Waals surface area (Å²) in [6.45, 7) is 0.721. The second kappa shape index (κ2) is 4.99. The molecule has 96 valence electrons. The van der Waals surface area contributed by atoms with Crippen molar-refractivity contribution in [2.45, 2.75) is 18.9 Å². The number of aromatic carboxylic acids is 1. The number of rotatable bonds is 3. The third kappa shape index (κ3) is 2.24. The van der Waals surface area contributed by atoms with Crippen molar-refractivity contribution >= 4 is 17.7 Å². The molecule has 1 fully saturated rings. The Bertz CT molecular complexity index is 460. The molecule has 1 aromatic rings. The highest BCUT2D eigenvalue weighted by atomic mass is 16.4. The summed E-state index contributed by atoms with van der Waals surface area (Å²) < 4.78 is 0. The fraction of sp³-hybridized carbons (Fsp3) is 0.455. The lowest BCUT2D eigenvalue weighted by molar-refractivity contribution is -0.121. The molecule has 0 bridgehead atoms. The highest BCUT2D eigenvalue weighted by Gasteiger charge is 2.31. The van der Waals surface area contributed by atoms with Gasteiger partial charge in [-0.2, -0.15) is 0 Å². The minimum Gasteiger partial charge on any atom is -0.476 e. The van der Waals surface area contributed by atoms with Crippen LogP contribution in [0.4, 0.5) is 5.82 Å². The second-order valence-corrected chi connectivity index (χ2v) is 4.05. The summed E-state index contributed by atoms with van der Waals surface area (Å²) in [4.78, 5) is 24.2. The molecule has 1 saturated heterocycles. The number of hydrogen-bond donors (Lipinski definition) is 2. The van der Waals surface area contributed by atoms with E-state index in [-0.39, 0.29) is 17.6 Å². The molecule has 18 heavy (non-hydrogen) atoms. The van der Waals surface area contributed by atoms with E-state index in [2.05, 4.69) is 15.5 Å². The quantitative estimate of drug-likeness (QED) is 0.777. The summed E-state index contributed by atoms with van der Waals surface area (Å²) in [5.74, 6) is -0.638. The van der Waals surface area contributed by atoms with Crippen LogP contribution in [-0.2, 0) is 4.79 Å². The van der Waals surface area contributed by atoms with Crippen LogP contribution in [-0.4, -0.2) is 46.8 Å². The Kier molecular flexibility index (Phi) is 3.40. The van der Waals surface area contributed by atoms with Crippen molar-refractivity contribution in [3.05, 3.63) is 17.8 Å². The number of anilines is 1. The normalized spacial score (nSPS) is 18.7. The van der Waals surface area contributed by atoms with Gasteiger partial charge in [0.05, 0.1) is 0 Å². The molecule has 2 N–H and O–H groups in total. The number of hydrogen-bond acceptors (Lipinski definition) is 5. The lowest BCUT2D eigenvalue weighted by Gasteiger charge is -2.23. The maximum Gasteiger partial charge on any atom is 0.356 e. The molecule has 0 saturated carbocycles. The fourth-order valence-corrected chi connectivity index (χ4v) is 2.07. The third-order valence-corrected chi connectivity index (χ3v) is 2.97. The Labute approximate surface area is 104 Å². The van der Waals surface area contributed by atoms with E-state index in [0.717, 1.165) is 19.4 Å². The molecule has 0 radical (unpaired) electrons. The average Bonchev–Trinajstić information content (AvgIpc) is 2.87. The van der Waals surface area contributed by atoms with Crippen LogP contribution in [0.5, 0.6) is 0 Å². The summed E-state index contributed by atoms with van der Waals surface area (Å²) in [6.07, 6.45) is 1.67. The minimum atomic E-state index is -1.11. The molecule has 1 aliphatic rings. The molecule has 0 aromatic carbocycles. The summed E-state index contributed by atoms with van der Waals surface area (Å²) in [5.41, 5.74) is -0.102. The van der Waals surface area contributed by atoms with Gasteiger partial charge in [-0.1, -0.05) is 0 Å². The molecule has 0 aliphatic carbocycles. The zero-order chi connectivity index (χ0) is 13.1. The standard InChI is InChI=1S/C11H14N4O3/c1-12-10(16)8-3-2-6-15(8)9-5-4-7(11(17)18)13-14-9/h4-5,8H,2-3,6H2,1H3,(H,12,16)(H,17,18). The summed E-state index contributed by atoms with van der Waals surface area (Å²) in [7, 11) is 1.60. The topological polar surface area (TPSA) is 95.4 Å². The summed E-state index contributed by atoms with van der Waals surface area (Å²) in [5, 5.41) is 18.8. The van der Waals surface area contributed by atoms with E-state index in [1.807, 2.05) is 4.90 Å². The summed E-state index contributed by atoms with van der Waals surface area (Å²) >= 11 is 0. The van der Waals surface area contributed by atoms with E-state index in [0.29, 0.717) is 5.82 Å². The van der Waals surface area contributed by atoms with Gasteiger partial charge in [0.2, 0.25) is 5.91 Å². The molecule has 2 heterocycles. The van der Waals surface area contributed by atoms with Crippen LogP contribution in [0, 0.1) is 0 Å². The average molecular weight is 250 g/mol. The van der Waals surface area contributed by atoms with E-state index in [9.17, 15) is 9.59 Å². The van der Waals surface area contributed by atoms with Crippen molar-refractivity contribution in [3.63, 3.8) is 0 Å². The van der Waals surface area contributed by atoms with E-state index < -0.39 is 5.97 Å². The van der Waals surface area contributed by atoms with Crippen LogP contribution >= 0.6 is 0 Å². The van der Waals surface area contributed by atoms with Crippen molar-refractivity contribution in [2.24, 2.45) is 0 Å². The zero-order valence-electron chi connectivity index (χ0n) is 9.96. The number of carbonyl (C=O) groups is 2. The van der Waals surface area contributed by atoms with E-state index in [1.165, 1.54) is 6.07 Å². The molecule has 1 aliphatic heterocycles. The monoisotopic (exact) mass is 250 g/mol. The maximum absolute atomic E-state index is 11.7. The Balaban J connectivity index is 2.20. The van der Waals surface area contributed by atoms with E-state index in [4.69, 9.17) is 5.11 Å². The van der Waals surface area contributed by atoms with Gasteiger partial charge in [0.15, 0.2) is 11.5 Å². The van der Waals surface area contributed by atoms with Gasteiger partial charge in [0.25, 0.3) is 0 Å². The molecule has 7 heteroatoms. The number of nitrogens with zero attached hydrogens (tertiary/aromatic N) is 3. The predicted molar refractivity (Wildman–Crippen MR) is 63.4 cm³/mol. The van der Waals surface area contributed by atoms with Crippen LogP contribution in [0.3, 0.4) is 0 Å². The third-order valence-electron chi connectivity index (χ3n) is 2.97. The van der Waals surface area contributed by atoms with Crippen LogP contribution in [0.2, 0.25) is 0 Å². The first-order valence-corrected chi connectivity index (χ1v) is 5.68. The van der Waals surface area contributed by atoms with Crippen molar-refractivity contribution in [1.82, 2.24) is 15.5 Å². The SMILES string of the molecule is CNC(=O)C1CCCN1c1ccc(C(=O)O)nn1. The molecule has 1 aromatic heterocycles. The number of carbonyl (C=O) groups excluding carboxylic acids is 1. The Morgan fingerprint density at radius 2 is 2.22 bits per heavy atom. The van der Waals surface area contributed by atoms with Gasteiger partial charge in [-0.05, 0) is 25.0 Å². The van der Waals surface area contributed by atoms with Gasteiger partial charge in [-0.15, -0.1) is 10.2 Å². The number of nitrogens with one attached hydrogen (secondary N) is 1. The van der Waals surface area contributed by atoms with Crippen LogP contribution in [0.25, 0.3) is 0 Å². The van der Waals surface area contributed by atoms with Crippen LogP contribution in [0.1, 0.15) is 23.3 Å².